The molecule has 3 fully saturated rings. The van der Waals surface area contributed by atoms with E-state index in [0.717, 1.165) is 30.6 Å². The molecule has 9 heteroatoms. The zero-order valence-electron chi connectivity index (χ0n) is 16.6. The maximum absolute atomic E-state index is 12.9. The van der Waals surface area contributed by atoms with Crippen LogP contribution in [0.15, 0.2) is 17.5 Å². The maximum atomic E-state index is 12.9. The molecule has 29 heavy (non-hydrogen) atoms. The quantitative estimate of drug-likeness (QED) is 0.551. The van der Waals surface area contributed by atoms with Crippen LogP contribution in [0.25, 0.3) is 0 Å². The fourth-order valence-corrected chi connectivity index (χ4v) is 5.16. The fraction of sp³-hybridized carbons (Fsp3) is 0.600. The van der Waals surface area contributed by atoms with Crippen molar-refractivity contribution in [3.8, 4) is 0 Å². The van der Waals surface area contributed by atoms with Crippen molar-refractivity contribution in [2.45, 2.75) is 38.6 Å². The van der Waals surface area contributed by atoms with Crippen LogP contribution in [0.1, 0.15) is 42.3 Å². The maximum Gasteiger partial charge on any atom is 0.335 e. The Morgan fingerprint density at radius 1 is 1.07 bits per heavy atom. The van der Waals surface area contributed by atoms with Gasteiger partial charge in [0.05, 0.1) is 11.5 Å². The van der Waals surface area contributed by atoms with Gasteiger partial charge in [-0.3, -0.25) is 24.2 Å². The summed E-state index contributed by atoms with van der Waals surface area (Å²) in [5.41, 5.74) is 0. The second kappa shape index (κ2) is 8.23. The number of urea groups is 1. The summed E-state index contributed by atoms with van der Waals surface area (Å²) in [7, 11) is 0. The van der Waals surface area contributed by atoms with Crippen molar-refractivity contribution >= 4 is 35.1 Å². The van der Waals surface area contributed by atoms with Crippen LogP contribution in [0.3, 0.4) is 0 Å². The smallest absolute Gasteiger partial charge is 0.335 e. The van der Waals surface area contributed by atoms with E-state index < -0.39 is 17.8 Å². The first kappa shape index (κ1) is 20.0. The second-order valence-corrected chi connectivity index (χ2v) is 9.00. The molecule has 1 aliphatic carbocycles. The van der Waals surface area contributed by atoms with E-state index in [1.807, 2.05) is 29.3 Å². The molecule has 1 aromatic heterocycles. The van der Waals surface area contributed by atoms with Gasteiger partial charge in [-0.2, -0.15) is 0 Å². The Morgan fingerprint density at radius 3 is 2.45 bits per heavy atom. The van der Waals surface area contributed by atoms with Crippen LogP contribution in [0, 0.1) is 5.92 Å². The molecule has 1 saturated carbocycles. The Balaban J connectivity index is 1.36. The van der Waals surface area contributed by atoms with E-state index in [1.165, 1.54) is 16.2 Å². The van der Waals surface area contributed by atoms with Crippen molar-refractivity contribution < 1.29 is 19.2 Å². The van der Waals surface area contributed by atoms with Crippen LogP contribution in [0.2, 0.25) is 0 Å². The molecule has 0 bridgehead atoms. The largest absolute Gasteiger partial charge is 0.335 e. The van der Waals surface area contributed by atoms with Gasteiger partial charge in [0, 0.05) is 32.2 Å². The van der Waals surface area contributed by atoms with Gasteiger partial charge in [-0.1, -0.05) is 25.8 Å². The number of rotatable bonds is 4. The zero-order chi connectivity index (χ0) is 20.5. The van der Waals surface area contributed by atoms with Crippen LogP contribution >= 0.6 is 11.3 Å². The number of carbonyl (C=O) groups is 4. The molecule has 0 unspecified atom stereocenters. The Kier molecular flexibility index (Phi) is 5.69. The van der Waals surface area contributed by atoms with Gasteiger partial charge in [-0.15, -0.1) is 11.3 Å². The normalized spacial score (nSPS) is 26.5. The number of imide groups is 2. The van der Waals surface area contributed by atoms with E-state index >= 15 is 0 Å². The van der Waals surface area contributed by atoms with E-state index in [4.69, 9.17) is 0 Å². The first-order valence-corrected chi connectivity index (χ1v) is 11.1. The Hall–Kier alpha value is -2.26. The van der Waals surface area contributed by atoms with E-state index in [9.17, 15) is 19.2 Å². The van der Waals surface area contributed by atoms with Gasteiger partial charge in [0.2, 0.25) is 0 Å². The van der Waals surface area contributed by atoms with Crippen LogP contribution in [0.5, 0.6) is 0 Å². The Bertz CT molecular complexity index is 803. The molecule has 3 aliphatic rings. The van der Waals surface area contributed by atoms with Gasteiger partial charge in [0.25, 0.3) is 5.91 Å². The lowest BCUT2D eigenvalue weighted by atomic mass is 9.85. The topological polar surface area (TPSA) is 81.2 Å². The first-order valence-electron chi connectivity index (χ1n) is 10.2. The molecular weight excluding hydrogens is 392 g/mol. The summed E-state index contributed by atoms with van der Waals surface area (Å²) in [5, 5.41) is 1.88. The van der Waals surface area contributed by atoms with Gasteiger partial charge < -0.3 is 4.90 Å². The number of amides is 5. The predicted molar refractivity (Wildman–Crippen MR) is 107 cm³/mol. The van der Waals surface area contributed by atoms with Crippen molar-refractivity contribution in [3.05, 3.63) is 22.4 Å². The van der Waals surface area contributed by atoms with E-state index in [2.05, 4.69) is 0 Å². The van der Waals surface area contributed by atoms with Gasteiger partial charge in [-0.05, 0) is 30.2 Å². The summed E-state index contributed by atoms with van der Waals surface area (Å²) >= 11 is 1.42. The Morgan fingerprint density at radius 2 is 1.79 bits per heavy atom. The standard InChI is InChI=1S/C20H26N4O4S/c1-14-5-2-3-6-15(14)24-19(27)18(26)23(20(24)28)13-21-8-10-22(11-9-21)17(25)16-7-4-12-29-16/h4,7,12,14-15H,2-3,5-6,8-11,13H2,1H3/t14-,15-/m1/s1. The lowest BCUT2D eigenvalue weighted by molar-refractivity contribution is -0.145. The molecule has 2 aliphatic heterocycles. The minimum absolute atomic E-state index is 0.0145. The van der Waals surface area contributed by atoms with Gasteiger partial charge in [0.1, 0.15) is 0 Å². The second-order valence-electron chi connectivity index (χ2n) is 8.05. The minimum atomic E-state index is -0.732. The lowest BCUT2D eigenvalue weighted by Crippen LogP contribution is -2.53. The van der Waals surface area contributed by atoms with Crippen molar-refractivity contribution in [2.75, 3.05) is 32.8 Å². The molecule has 0 spiro atoms. The summed E-state index contributed by atoms with van der Waals surface area (Å²) in [6.45, 7) is 4.32. The summed E-state index contributed by atoms with van der Waals surface area (Å²) < 4.78 is 0. The first-order chi connectivity index (χ1) is 14.0. The van der Waals surface area contributed by atoms with Gasteiger partial charge in [0.15, 0.2) is 0 Å². The highest BCUT2D eigenvalue weighted by Gasteiger charge is 2.49. The number of piperazine rings is 1. The predicted octanol–water partition coefficient (Wildman–Crippen LogP) is 1.83. The summed E-state index contributed by atoms with van der Waals surface area (Å²) in [4.78, 5) is 57.1. The van der Waals surface area contributed by atoms with Gasteiger partial charge in [-0.25, -0.2) is 9.69 Å². The summed E-state index contributed by atoms with van der Waals surface area (Å²) in [6, 6.07) is 3.00. The van der Waals surface area contributed by atoms with Crippen molar-refractivity contribution in [2.24, 2.45) is 5.92 Å². The molecule has 2 atom stereocenters. The summed E-state index contributed by atoms with van der Waals surface area (Å²) in [6.07, 6.45) is 3.81. The van der Waals surface area contributed by atoms with Crippen molar-refractivity contribution in [3.63, 3.8) is 0 Å². The molecule has 4 rings (SSSR count). The highest BCUT2D eigenvalue weighted by molar-refractivity contribution is 7.12. The molecule has 3 heterocycles. The Labute approximate surface area is 174 Å². The molecular formula is C20H26N4O4S. The lowest BCUT2D eigenvalue weighted by Gasteiger charge is -2.36. The zero-order valence-corrected chi connectivity index (χ0v) is 17.4. The molecule has 0 N–H and O–H groups in total. The third-order valence-corrected chi connectivity index (χ3v) is 7.07. The average molecular weight is 419 g/mol. The highest BCUT2D eigenvalue weighted by Crippen LogP contribution is 2.31. The van der Waals surface area contributed by atoms with Crippen LogP contribution in [-0.4, -0.2) is 82.2 Å². The van der Waals surface area contributed by atoms with Crippen molar-refractivity contribution in [1.29, 1.82) is 0 Å². The average Bonchev–Trinajstić information content (AvgIpc) is 3.33. The fourth-order valence-electron chi connectivity index (χ4n) is 4.47. The van der Waals surface area contributed by atoms with E-state index in [1.54, 1.807) is 4.90 Å². The van der Waals surface area contributed by atoms with E-state index in [0.29, 0.717) is 31.1 Å². The van der Waals surface area contributed by atoms with Crippen molar-refractivity contribution in [1.82, 2.24) is 19.6 Å². The molecule has 8 nitrogen and oxygen atoms in total. The van der Waals surface area contributed by atoms with Crippen LogP contribution in [-0.2, 0) is 9.59 Å². The summed E-state index contributed by atoms with van der Waals surface area (Å²) in [5.74, 6) is -1.19. The van der Waals surface area contributed by atoms with Gasteiger partial charge >= 0.3 is 17.8 Å². The minimum Gasteiger partial charge on any atom is -0.335 e. The molecule has 1 aromatic rings. The number of nitrogens with zero attached hydrogens (tertiary/aromatic N) is 4. The molecule has 5 amide bonds. The SMILES string of the molecule is C[C@@H]1CCCC[C@H]1N1C(=O)C(=O)N(CN2CCN(C(=O)c3cccs3)CC2)C1=O. The van der Waals surface area contributed by atoms with E-state index in [-0.39, 0.29) is 24.5 Å². The monoisotopic (exact) mass is 418 g/mol. The molecule has 156 valence electrons. The molecule has 2 saturated heterocycles. The van der Waals surface area contributed by atoms with Crippen LogP contribution in [0.4, 0.5) is 4.79 Å². The third kappa shape index (κ3) is 3.81. The number of thiophene rings is 1. The third-order valence-electron chi connectivity index (χ3n) is 6.21. The van der Waals surface area contributed by atoms with Crippen LogP contribution < -0.4 is 0 Å². The molecule has 0 aromatic carbocycles. The number of hydrogen-bond acceptors (Lipinski definition) is 6. The number of carbonyl (C=O) groups excluding carboxylic acids is 4. The molecule has 0 radical (unpaired) electrons. The number of hydrogen-bond donors (Lipinski definition) is 0. The highest BCUT2D eigenvalue weighted by atomic mass is 32.1.